The number of carboxylic acid groups (broad SMARTS) is 1. The van der Waals surface area contributed by atoms with Gasteiger partial charge in [-0.05, 0) is 56.0 Å². The van der Waals surface area contributed by atoms with Crippen LogP contribution in [-0.2, 0) is 4.79 Å². The predicted octanol–water partition coefficient (Wildman–Crippen LogP) is 3.40. The van der Waals surface area contributed by atoms with E-state index in [1.807, 2.05) is 33.8 Å². The summed E-state index contributed by atoms with van der Waals surface area (Å²) < 4.78 is 0. The van der Waals surface area contributed by atoms with Crippen LogP contribution < -0.4 is 5.32 Å². The van der Waals surface area contributed by atoms with Crippen molar-refractivity contribution in [3.63, 3.8) is 0 Å². The maximum atomic E-state index is 12.4. The van der Waals surface area contributed by atoms with E-state index in [1.54, 1.807) is 12.1 Å². The predicted molar refractivity (Wildman–Crippen MR) is 84.3 cm³/mol. The van der Waals surface area contributed by atoms with Gasteiger partial charge in [0.15, 0.2) is 0 Å². The molecule has 0 atom stereocenters. The van der Waals surface area contributed by atoms with Gasteiger partial charge in [0, 0.05) is 17.2 Å². The number of amides is 1. The van der Waals surface area contributed by atoms with E-state index in [-0.39, 0.29) is 11.4 Å². The van der Waals surface area contributed by atoms with Crippen LogP contribution in [0.4, 0.5) is 0 Å². The van der Waals surface area contributed by atoms with Crippen molar-refractivity contribution in [1.29, 1.82) is 0 Å². The second-order valence-electron chi connectivity index (χ2n) is 5.53. The highest BCUT2D eigenvalue weighted by Crippen LogP contribution is 2.17. The van der Waals surface area contributed by atoms with Crippen molar-refractivity contribution in [2.75, 3.05) is 0 Å². The number of benzene rings is 1. The first-order valence-electron chi connectivity index (χ1n) is 7.15. The van der Waals surface area contributed by atoms with Crippen LogP contribution >= 0.6 is 0 Å². The molecule has 1 aromatic rings. The molecule has 0 unspecified atom stereocenters. The van der Waals surface area contributed by atoms with Gasteiger partial charge in [-0.15, -0.1) is 0 Å². The number of hydrogen-bond donors (Lipinski definition) is 2. The van der Waals surface area contributed by atoms with Gasteiger partial charge in [-0.3, -0.25) is 4.79 Å². The minimum atomic E-state index is -1.01. The molecule has 0 aromatic heterocycles. The number of hydrogen-bond acceptors (Lipinski definition) is 2. The number of carbonyl (C=O) groups is 2. The number of nitrogens with one attached hydrogen (secondary N) is 1. The Morgan fingerprint density at radius 2 is 1.86 bits per heavy atom. The van der Waals surface area contributed by atoms with E-state index in [1.165, 1.54) is 6.08 Å². The molecule has 2 N–H and O–H groups in total. The molecule has 0 aliphatic rings. The van der Waals surface area contributed by atoms with Gasteiger partial charge in [0.2, 0.25) is 0 Å². The Labute approximate surface area is 125 Å². The van der Waals surface area contributed by atoms with Crippen LogP contribution in [0.5, 0.6) is 0 Å². The topological polar surface area (TPSA) is 66.4 Å². The Bertz CT molecular complexity index is 557. The molecule has 4 heteroatoms. The third kappa shape index (κ3) is 5.06. The molecule has 0 radical (unpaired) electrons. The fourth-order valence-corrected chi connectivity index (χ4v) is 1.98. The molecule has 1 rings (SSSR count). The highest BCUT2D eigenvalue weighted by molar-refractivity contribution is 5.95. The van der Waals surface area contributed by atoms with Crippen molar-refractivity contribution in [3.05, 3.63) is 41.0 Å². The molecule has 0 spiro atoms. The molecule has 21 heavy (non-hydrogen) atoms. The van der Waals surface area contributed by atoms with Crippen molar-refractivity contribution < 1.29 is 14.7 Å². The largest absolute Gasteiger partial charge is 0.478 e. The number of aliphatic carboxylic acids is 1. The van der Waals surface area contributed by atoms with E-state index < -0.39 is 5.97 Å². The lowest BCUT2D eigenvalue weighted by molar-refractivity contribution is -0.131. The third-order valence-electron chi connectivity index (χ3n) is 3.76. The van der Waals surface area contributed by atoms with Gasteiger partial charge in [-0.25, -0.2) is 4.79 Å². The quantitative estimate of drug-likeness (QED) is 0.789. The zero-order valence-electron chi connectivity index (χ0n) is 13.1. The van der Waals surface area contributed by atoms with Crippen LogP contribution in [0.3, 0.4) is 0 Å². The smallest absolute Gasteiger partial charge is 0.328 e. The lowest BCUT2D eigenvalue weighted by atomic mass is 9.94. The first kappa shape index (κ1) is 17.0. The van der Waals surface area contributed by atoms with Crippen molar-refractivity contribution in [2.45, 2.75) is 46.1 Å². The van der Waals surface area contributed by atoms with Crippen molar-refractivity contribution in [1.82, 2.24) is 5.32 Å². The van der Waals surface area contributed by atoms with E-state index in [0.29, 0.717) is 11.1 Å². The summed E-state index contributed by atoms with van der Waals surface area (Å²) in [5.41, 5.74) is 1.95. The summed E-state index contributed by atoms with van der Waals surface area (Å²) in [5, 5.41) is 11.7. The third-order valence-corrected chi connectivity index (χ3v) is 3.76. The zero-order chi connectivity index (χ0) is 16.0. The van der Waals surface area contributed by atoms with Crippen LogP contribution in [0.25, 0.3) is 6.08 Å². The van der Waals surface area contributed by atoms with Crippen molar-refractivity contribution in [2.24, 2.45) is 0 Å². The molecule has 114 valence electrons. The van der Waals surface area contributed by atoms with Gasteiger partial charge in [0.05, 0.1) is 0 Å². The Balaban J connectivity index is 3.02. The summed E-state index contributed by atoms with van der Waals surface area (Å²) in [5.74, 6) is -1.14. The summed E-state index contributed by atoms with van der Waals surface area (Å²) in [6.07, 6.45) is 4.27. The standard InChI is InChI=1S/C17H23NO3/c1-5-17(4,6-2)18-16(21)14-10-12(3)9-13(11-14)7-8-15(19)20/h7-11H,5-6H2,1-4H3,(H,18,21)(H,19,20)/b8-7+. The summed E-state index contributed by atoms with van der Waals surface area (Å²) in [7, 11) is 0. The molecule has 0 fully saturated rings. The van der Waals surface area contributed by atoms with Crippen LogP contribution in [-0.4, -0.2) is 22.5 Å². The molecular formula is C17H23NO3. The summed E-state index contributed by atoms with van der Waals surface area (Å²) in [4.78, 5) is 22.9. The summed E-state index contributed by atoms with van der Waals surface area (Å²) in [6, 6.07) is 5.35. The SMILES string of the molecule is CCC(C)(CC)NC(=O)c1cc(C)cc(/C=C/C(=O)O)c1. The minimum absolute atomic E-state index is 0.130. The Kier molecular flexibility index (Phi) is 5.70. The van der Waals surface area contributed by atoms with Gasteiger partial charge in [-0.1, -0.05) is 19.9 Å². The van der Waals surface area contributed by atoms with Crippen LogP contribution in [0.15, 0.2) is 24.3 Å². The Hall–Kier alpha value is -2.10. The second-order valence-corrected chi connectivity index (χ2v) is 5.53. The molecule has 0 heterocycles. The fraction of sp³-hybridized carbons (Fsp3) is 0.412. The summed E-state index contributed by atoms with van der Waals surface area (Å²) in [6.45, 7) is 7.99. The number of carbonyl (C=O) groups excluding carboxylic acids is 1. The number of carboxylic acids is 1. The normalized spacial score (nSPS) is 11.6. The van der Waals surface area contributed by atoms with Crippen LogP contribution in [0.2, 0.25) is 0 Å². The van der Waals surface area contributed by atoms with Crippen LogP contribution in [0.1, 0.15) is 55.1 Å². The average molecular weight is 289 g/mol. The van der Waals surface area contributed by atoms with Gasteiger partial charge in [0.25, 0.3) is 5.91 Å². The monoisotopic (exact) mass is 289 g/mol. The molecular weight excluding hydrogens is 266 g/mol. The molecule has 4 nitrogen and oxygen atoms in total. The van der Waals surface area contributed by atoms with Gasteiger partial charge < -0.3 is 10.4 Å². The molecule has 0 bridgehead atoms. The molecule has 0 aliphatic heterocycles. The fourth-order valence-electron chi connectivity index (χ4n) is 1.98. The lowest BCUT2D eigenvalue weighted by Gasteiger charge is -2.28. The molecule has 0 saturated heterocycles. The maximum absolute atomic E-state index is 12.4. The van der Waals surface area contributed by atoms with Crippen molar-refractivity contribution in [3.8, 4) is 0 Å². The minimum Gasteiger partial charge on any atom is -0.478 e. The van der Waals surface area contributed by atoms with Gasteiger partial charge >= 0.3 is 5.97 Å². The molecule has 0 saturated carbocycles. The Morgan fingerprint density at radius 3 is 2.38 bits per heavy atom. The highest BCUT2D eigenvalue weighted by Gasteiger charge is 2.22. The van der Waals surface area contributed by atoms with E-state index >= 15 is 0 Å². The molecule has 1 aromatic carbocycles. The molecule has 1 amide bonds. The van der Waals surface area contributed by atoms with Gasteiger partial charge in [0.1, 0.15) is 0 Å². The van der Waals surface area contributed by atoms with E-state index in [2.05, 4.69) is 5.32 Å². The first-order valence-corrected chi connectivity index (χ1v) is 7.15. The molecule has 0 aliphatic carbocycles. The maximum Gasteiger partial charge on any atom is 0.328 e. The summed E-state index contributed by atoms with van der Waals surface area (Å²) >= 11 is 0. The average Bonchev–Trinajstić information content (AvgIpc) is 2.44. The van der Waals surface area contributed by atoms with Crippen molar-refractivity contribution >= 4 is 18.0 Å². The van der Waals surface area contributed by atoms with Crippen LogP contribution in [0, 0.1) is 6.92 Å². The van der Waals surface area contributed by atoms with E-state index in [4.69, 9.17) is 5.11 Å². The van der Waals surface area contributed by atoms with Gasteiger partial charge in [-0.2, -0.15) is 0 Å². The zero-order valence-corrected chi connectivity index (χ0v) is 13.1. The second kappa shape index (κ2) is 7.07. The highest BCUT2D eigenvalue weighted by atomic mass is 16.4. The Morgan fingerprint density at radius 1 is 1.24 bits per heavy atom. The number of rotatable bonds is 6. The van der Waals surface area contributed by atoms with E-state index in [9.17, 15) is 9.59 Å². The first-order chi connectivity index (χ1) is 9.79. The lowest BCUT2D eigenvalue weighted by Crippen LogP contribution is -2.44. The number of aryl methyl sites for hydroxylation is 1. The van der Waals surface area contributed by atoms with E-state index in [0.717, 1.165) is 24.5 Å².